The van der Waals surface area contributed by atoms with Crippen molar-refractivity contribution in [1.29, 1.82) is 0 Å². The van der Waals surface area contributed by atoms with Gasteiger partial charge in [-0.15, -0.1) is 24.8 Å². The molecule has 2 bridgehead atoms. The zero-order valence-corrected chi connectivity index (χ0v) is 16.6. The van der Waals surface area contributed by atoms with Crippen LogP contribution in [0.2, 0.25) is 0 Å². The predicted octanol–water partition coefficient (Wildman–Crippen LogP) is 4.29. The van der Waals surface area contributed by atoms with Crippen LogP contribution < -0.4 is 10.1 Å². The van der Waals surface area contributed by atoms with Crippen LogP contribution in [0, 0.1) is 5.92 Å². The highest BCUT2D eigenvalue weighted by Gasteiger charge is 2.33. The van der Waals surface area contributed by atoms with Crippen LogP contribution in [0.25, 0.3) is 0 Å². The number of halogens is 2. The van der Waals surface area contributed by atoms with Gasteiger partial charge in [0.1, 0.15) is 12.4 Å². The molecule has 3 aliphatic rings. The van der Waals surface area contributed by atoms with E-state index in [1.807, 2.05) is 18.2 Å². The summed E-state index contributed by atoms with van der Waals surface area (Å²) in [5.74, 6) is 1.81. The van der Waals surface area contributed by atoms with Crippen molar-refractivity contribution in [2.24, 2.45) is 5.92 Å². The van der Waals surface area contributed by atoms with Crippen molar-refractivity contribution in [3.05, 3.63) is 65.7 Å². The van der Waals surface area contributed by atoms with Gasteiger partial charge in [-0.25, -0.2) is 0 Å². The van der Waals surface area contributed by atoms with Crippen LogP contribution >= 0.6 is 24.8 Å². The van der Waals surface area contributed by atoms with Gasteiger partial charge in [-0.1, -0.05) is 42.5 Å². The van der Waals surface area contributed by atoms with E-state index < -0.39 is 0 Å². The molecular weight excluding hydrogens is 367 g/mol. The Hall–Kier alpha value is -1.26. The van der Waals surface area contributed by atoms with Gasteiger partial charge in [0.05, 0.1) is 0 Å². The molecule has 3 aliphatic heterocycles. The summed E-state index contributed by atoms with van der Waals surface area (Å²) in [5.41, 5.74) is 2.53. The molecule has 3 nitrogen and oxygen atoms in total. The second-order valence-electron chi connectivity index (χ2n) is 7.04. The minimum absolute atomic E-state index is 0. The molecule has 0 amide bonds. The fourth-order valence-electron chi connectivity index (χ4n) is 3.89. The number of piperidine rings is 3. The number of fused-ring (bicyclic) bond motifs is 3. The van der Waals surface area contributed by atoms with E-state index in [1.54, 1.807) is 0 Å². The molecule has 1 unspecified atom stereocenters. The van der Waals surface area contributed by atoms with Gasteiger partial charge in [0.25, 0.3) is 0 Å². The van der Waals surface area contributed by atoms with Crippen LogP contribution in [0.1, 0.15) is 24.0 Å². The molecule has 0 radical (unpaired) electrons. The summed E-state index contributed by atoms with van der Waals surface area (Å²) in [6.07, 6.45) is 2.73. The zero-order valence-electron chi connectivity index (χ0n) is 15.0. The lowest BCUT2D eigenvalue weighted by atomic mass is 9.84. The minimum Gasteiger partial charge on any atom is -0.489 e. The SMILES string of the molecule is Cl.Cl.c1ccc(COc2ccc(CNC3CN4CCC3CC4)cc2)cc1. The Morgan fingerprint density at radius 3 is 2.19 bits per heavy atom. The second-order valence-corrected chi connectivity index (χ2v) is 7.04. The van der Waals surface area contributed by atoms with E-state index in [4.69, 9.17) is 4.74 Å². The maximum Gasteiger partial charge on any atom is 0.119 e. The van der Waals surface area contributed by atoms with E-state index in [9.17, 15) is 0 Å². The Kier molecular flexibility index (Phi) is 8.23. The fourth-order valence-corrected chi connectivity index (χ4v) is 3.89. The quantitative estimate of drug-likeness (QED) is 0.790. The molecule has 1 N–H and O–H groups in total. The number of rotatable bonds is 6. The van der Waals surface area contributed by atoms with Crippen LogP contribution in [0.5, 0.6) is 5.75 Å². The summed E-state index contributed by atoms with van der Waals surface area (Å²) in [6, 6.07) is 19.5. The van der Waals surface area contributed by atoms with Crippen LogP contribution in [0.15, 0.2) is 54.6 Å². The van der Waals surface area contributed by atoms with E-state index in [-0.39, 0.29) is 24.8 Å². The molecular formula is C21H28Cl2N2O. The average molecular weight is 395 g/mol. The number of nitrogens with zero attached hydrogens (tertiary/aromatic N) is 1. The summed E-state index contributed by atoms with van der Waals surface area (Å²) in [6.45, 7) is 5.40. The molecule has 142 valence electrons. The Morgan fingerprint density at radius 2 is 1.58 bits per heavy atom. The van der Waals surface area contributed by atoms with Crippen molar-refractivity contribution in [2.75, 3.05) is 19.6 Å². The molecule has 3 saturated heterocycles. The maximum absolute atomic E-state index is 5.85. The highest BCUT2D eigenvalue weighted by atomic mass is 35.5. The van der Waals surface area contributed by atoms with Crippen LogP contribution in [-0.2, 0) is 13.2 Å². The second kappa shape index (κ2) is 10.2. The number of hydrogen-bond donors (Lipinski definition) is 1. The van der Waals surface area contributed by atoms with Crippen molar-refractivity contribution >= 4 is 24.8 Å². The molecule has 2 aromatic carbocycles. The molecule has 0 aliphatic carbocycles. The van der Waals surface area contributed by atoms with E-state index >= 15 is 0 Å². The number of benzene rings is 2. The largest absolute Gasteiger partial charge is 0.489 e. The van der Waals surface area contributed by atoms with Crippen molar-refractivity contribution < 1.29 is 4.74 Å². The Bertz CT molecular complexity index is 643. The Morgan fingerprint density at radius 1 is 0.885 bits per heavy atom. The summed E-state index contributed by atoms with van der Waals surface area (Å²) in [7, 11) is 0. The van der Waals surface area contributed by atoms with E-state index in [0.29, 0.717) is 12.6 Å². The lowest BCUT2D eigenvalue weighted by Gasteiger charge is -2.45. The highest BCUT2D eigenvalue weighted by molar-refractivity contribution is 5.85. The third kappa shape index (κ3) is 5.37. The van der Waals surface area contributed by atoms with E-state index in [0.717, 1.165) is 18.2 Å². The fraction of sp³-hybridized carbons (Fsp3) is 0.429. The smallest absolute Gasteiger partial charge is 0.119 e. The summed E-state index contributed by atoms with van der Waals surface area (Å²) in [5, 5.41) is 3.76. The Labute approximate surface area is 168 Å². The van der Waals surface area contributed by atoms with Gasteiger partial charge in [-0.05, 0) is 55.1 Å². The normalized spacial score (nSPS) is 23.6. The number of hydrogen-bond acceptors (Lipinski definition) is 3. The first-order valence-corrected chi connectivity index (χ1v) is 9.08. The monoisotopic (exact) mass is 394 g/mol. The molecule has 5 rings (SSSR count). The number of nitrogens with one attached hydrogen (secondary N) is 1. The number of ether oxygens (including phenoxy) is 1. The summed E-state index contributed by atoms with van der Waals surface area (Å²) < 4.78 is 5.85. The van der Waals surface area contributed by atoms with Gasteiger partial charge in [0, 0.05) is 19.1 Å². The van der Waals surface area contributed by atoms with Crippen molar-refractivity contribution in [3.63, 3.8) is 0 Å². The first-order chi connectivity index (χ1) is 11.9. The van der Waals surface area contributed by atoms with Crippen molar-refractivity contribution in [1.82, 2.24) is 10.2 Å². The topological polar surface area (TPSA) is 24.5 Å². The van der Waals surface area contributed by atoms with Crippen LogP contribution in [0.3, 0.4) is 0 Å². The first-order valence-electron chi connectivity index (χ1n) is 9.08. The third-order valence-corrected chi connectivity index (χ3v) is 5.40. The van der Waals surface area contributed by atoms with Crippen LogP contribution in [0.4, 0.5) is 0 Å². The van der Waals surface area contributed by atoms with Gasteiger partial charge >= 0.3 is 0 Å². The lowest BCUT2D eigenvalue weighted by molar-refractivity contribution is 0.0720. The molecule has 0 aromatic heterocycles. The molecule has 5 heteroatoms. The lowest BCUT2D eigenvalue weighted by Crippen LogP contribution is -2.55. The minimum atomic E-state index is 0. The van der Waals surface area contributed by atoms with E-state index in [2.05, 4.69) is 46.6 Å². The highest BCUT2D eigenvalue weighted by Crippen LogP contribution is 2.27. The molecule has 3 fully saturated rings. The molecule has 26 heavy (non-hydrogen) atoms. The van der Waals surface area contributed by atoms with Crippen molar-refractivity contribution in [2.45, 2.75) is 32.0 Å². The molecule has 0 saturated carbocycles. The van der Waals surface area contributed by atoms with Gasteiger partial charge in [-0.2, -0.15) is 0 Å². The van der Waals surface area contributed by atoms with Crippen molar-refractivity contribution in [3.8, 4) is 5.75 Å². The maximum atomic E-state index is 5.85. The standard InChI is InChI=1S/C21H26N2O.2ClH/c1-2-4-18(5-3-1)16-24-20-8-6-17(7-9-20)14-22-21-15-23-12-10-19(21)11-13-23;;/h1-9,19,21-22H,10-16H2;2*1H. The molecule has 1 atom stereocenters. The summed E-state index contributed by atoms with van der Waals surface area (Å²) in [4.78, 5) is 2.60. The van der Waals surface area contributed by atoms with Gasteiger partial charge in [0.15, 0.2) is 0 Å². The zero-order chi connectivity index (χ0) is 16.2. The third-order valence-electron chi connectivity index (χ3n) is 5.40. The first kappa shape index (κ1) is 21.0. The Balaban J connectivity index is 0.00000121. The molecule has 3 heterocycles. The molecule has 2 aromatic rings. The van der Waals surface area contributed by atoms with Gasteiger partial charge in [0.2, 0.25) is 0 Å². The predicted molar refractivity (Wildman–Crippen MR) is 112 cm³/mol. The van der Waals surface area contributed by atoms with Gasteiger partial charge < -0.3 is 15.0 Å². The van der Waals surface area contributed by atoms with Gasteiger partial charge in [-0.3, -0.25) is 0 Å². The van der Waals surface area contributed by atoms with Crippen LogP contribution in [-0.4, -0.2) is 30.6 Å². The summed E-state index contributed by atoms with van der Waals surface area (Å²) >= 11 is 0. The van der Waals surface area contributed by atoms with E-state index in [1.165, 1.54) is 43.6 Å². The average Bonchev–Trinajstić information content (AvgIpc) is 2.67. The molecule has 0 spiro atoms.